The Bertz CT molecular complexity index is 401. The lowest BCUT2D eigenvalue weighted by atomic mass is 10.4. The molecule has 0 bridgehead atoms. The van der Waals surface area contributed by atoms with E-state index in [1.165, 1.54) is 11.8 Å². The maximum Gasteiger partial charge on any atom is 0.240 e. The molecule has 1 aromatic rings. The summed E-state index contributed by atoms with van der Waals surface area (Å²) in [6.07, 6.45) is 1.56. The molecular formula is C13H21N3O3. The molecule has 2 amide bonds. The summed E-state index contributed by atoms with van der Waals surface area (Å²) < 4.78 is 5.11. The number of nitrogens with one attached hydrogen (secondary N) is 1. The van der Waals surface area contributed by atoms with Crippen molar-refractivity contribution in [3.63, 3.8) is 0 Å². The smallest absolute Gasteiger partial charge is 0.240 e. The van der Waals surface area contributed by atoms with E-state index in [0.717, 1.165) is 6.54 Å². The quantitative estimate of drug-likeness (QED) is 0.772. The average molecular weight is 267 g/mol. The third-order valence-electron chi connectivity index (χ3n) is 2.64. The molecule has 0 aliphatic carbocycles. The Morgan fingerprint density at radius 2 is 2.05 bits per heavy atom. The van der Waals surface area contributed by atoms with Crippen LogP contribution in [0, 0.1) is 0 Å². The van der Waals surface area contributed by atoms with Crippen LogP contribution >= 0.6 is 0 Å². The van der Waals surface area contributed by atoms with Crippen LogP contribution in [0.5, 0.6) is 0 Å². The third kappa shape index (κ3) is 6.05. The SMILES string of the molecule is CC(=O)N(CCN(C)C)CC(=O)NCc1ccco1. The molecule has 0 fully saturated rings. The Morgan fingerprint density at radius 3 is 2.58 bits per heavy atom. The number of nitrogens with zero attached hydrogens (tertiary/aromatic N) is 2. The molecule has 0 atom stereocenters. The summed E-state index contributed by atoms with van der Waals surface area (Å²) in [6.45, 7) is 3.14. The van der Waals surface area contributed by atoms with Gasteiger partial charge in [0.15, 0.2) is 0 Å². The normalized spacial score (nSPS) is 10.5. The Balaban J connectivity index is 2.36. The summed E-state index contributed by atoms with van der Waals surface area (Å²) >= 11 is 0. The highest BCUT2D eigenvalue weighted by molar-refractivity contribution is 5.83. The fraction of sp³-hybridized carbons (Fsp3) is 0.538. The van der Waals surface area contributed by atoms with Gasteiger partial charge in [-0.3, -0.25) is 9.59 Å². The monoisotopic (exact) mass is 267 g/mol. The van der Waals surface area contributed by atoms with Crippen molar-refractivity contribution >= 4 is 11.8 Å². The first-order chi connectivity index (χ1) is 8.99. The number of carbonyl (C=O) groups excluding carboxylic acids is 2. The Hall–Kier alpha value is -1.82. The van der Waals surface area contributed by atoms with Crippen LogP contribution in [0.3, 0.4) is 0 Å². The Morgan fingerprint density at radius 1 is 1.32 bits per heavy atom. The summed E-state index contributed by atoms with van der Waals surface area (Å²) in [5.41, 5.74) is 0. The van der Waals surface area contributed by atoms with E-state index in [1.807, 2.05) is 19.0 Å². The predicted octanol–water partition coefficient (Wildman–Crippen LogP) is 0.306. The first-order valence-electron chi connectivity index (χ1n) is 6.18. The van der Waals surface area contributed by atoms with Gasteiger partial charge in [-0.25, -0.2) is 0 Å². The molecule has 106 valence electrons. The van der Waals surface area contributed by atoms with Gasteiger partial charge in [0.1, 0.15) is 5.76 Å². The standard InChI is InChI=1S/C13H21N3O3/c1-11(17)16(7-6-15(2)3)10-13(18)14-9-12-5-4-8-19-12/h4-5,8H,6-7,9-10H2,1-3H3,(H,14,18). The van der Waals surface area contributed by atoms with Gasteiger partial charge in [-0.2, -0.15) is 0 Å². The minimum absolute atomic E-state index is 0.0733. The predicted molar refractivity (Wildman–Crippen MR) is 71.4 cm³/mol. The van der Waals surface area contributed by atoms with E-state index in [9.17, 15) is 9.59 Å². The first kappa shape index (κ1) is 15.2. The van der Waals surface area contributed by atoms with Gasteiger partial charge in [0.25, 0.3) is 0 Å². The molecule has 19 heavy (non-hydrogen) atoms. The molecular weight excluding hydrogens is 246 g/mol. The summed E-state index contributed by atoms with van der Waals surface area (Å²) in [5, 5.41) is 2.72. The van der Waals surface area contributed by atoms with E-state index in [1.54, 1.807) is 18.4 Å². The summed E-state index contributed by atoms with van der Waals surface area (Å²) in [6, 6.07) is 3.55. The van der Waals surface area contributed by atoms with Gasteiger partial charge in [0.05, 0.1) is 19.4 Å². The third-order valence-corrected chi connectivity index (χ3v) is 2.64. The molecule has 6 heteroatoms. The van der Waals surface area contributed by atoms with Crippen LogP contribution in [0.1, 0.15) is 12.7 Å². The van der Waals surface area contributed by atoms with Crippen molar-refractivity contribution in [3.05, 3.63) is 24.2 Å². The molecule has 1 heterocycles. The van der Waals surface area contributed by atoms with Crippen LogP contribution in [-0.4, -0.2) is 55.3 Å². The van der Waals surface area contributed by atoms with Crippen molar-refractivity contribution in [1.29, 1.82) is 0 Å². The average Bonchev–Trinajstić information content (AvgIpc) is 2.84. The number of amides is 2. The molecule has 0 unspecified atom stereocenters. The zero-order valence-electron chi connectivity index (χ0n) is 11.7. The minimum atomic E-state index is -0.189. The highest BCUT2D eigenvalue weighted by atomic mass is 16.3. The van der Waals surface area contributed by atoms with E-state index >= 15 is 0 Å². The molecule has 6 nitrogen and oxygen atoms in total. The van der Waals surface area contributed by atoms with Gasteiger partial charge in [-0.05, 0) is 26.2 Å². The molecule has 0 spiro atoms. The number of furan rings is 1. The summed E-state index contributed by atoms with van der Waals surface area (Å²) in [4.78, 5) is 26.7. The second kappa shape index (κ2) is 7.58. The van der Waals surface area contributed by atoms with Crippen molar-refractivity contribution in [1.82, 2.24) is 15.1 Å². The maximum atomic E-state index is 11.7. The number of likely N-dealkylation sites (N-methyl/N-ethyl adjacent to an activating group) is 1. The molecule has 0 aliphatic rings. The highest BCUT2D eigenvalue weighted by Crippen LogP contribution is 1.98. The van der Waals surface area contributed by atoms with Crippen LogP contribution < -0.4 is 5.32 Å². The number of carbonyl (C=O) groups is 2. The molecule has 0 saturated carbocycles. The lowest BCUT2D eigenvalue weighted by Gasteiger charge is -2.22. The Labute approximate surface area is 113 Å². The van der Waals surface area contributed by atoms with Crippen molar-refractivity contribution in [2.75, 3.05) is 33.7 Å². The largest absolute Gasteiger partial charge is 0.467 e. The van der Waals surface area contributed by atoms with Gasteiger partial charge in [0.2, 0.25) is 11.8 Å². The highest BCUT2D eigenvalue weighted by Gasteiger charge is 2.13. The van der Waals surface area contributed by atoms with Gasteiger partial charge in [0, 0.05) is 20.0 Å². The van der Waals surface area contributed by atoms with Crippen LogP contribution in [-0.2, 0) is 16.1 Å². The fourth-order valence-electron chi connectivity index (χ4n) is 1.50. The summed E-state index contributed by atoms with van der Waals surface area (Å²) in [5.74, 6) is 0.399. The van der Waals surface area contributed by atoms with E-state index in [4.69, 9.17) is 4.42 Å². The van der Waals surface area contributed by atoms with Gasteiger partial charge >= 0.3 is 0 Å². The molecule has 1 N–H and O–H groups in total. The maximum absolute atomic E-state index is 11.7. The van der Waals surface area contributed by atoms with Crippen molar-refractivity contribution in [2.24, 2.45) is 0 Å². The molecule has 0 aromatic carbocycles. The molecule has 0 radical (unpaired) electrons. The van der Waals surface area contributed by atoms with Gasteiger partial charge in [-0.1, -0.05) is 0 Å². The van der Waals surface area contributed by atoms with Crippen molar-refractivity contribution < 1.29 is 14.0 Å². The molecule has 1 rings (SSSR count). The van der Waals surface area contributed by atoms with Gasteiger partial charge < -0.3 is 19.5 Å². The number of hydrogen-bond acceptors (Lipinski definition) is 4. The Kier molecular flexibility index (Phi) is 6.08. The fourth-order valence-corrected chi connectivity index (χ4v) is 1.50. The number of rotatable bonds is 7. The van der Waals surface area contributed by atoms with E-state index in [2.05, 4.69) is 5.32 Å². The second-order valence-corrected chi connectivity index (χ2v) is 4.60. The first-order valence-corrected chi connectivity index (χ1v) is 6.18. The van der Waals surface area contributed by atoms with Crippen molar-refractivity contribution in [2.45, 2.75) is 13.5 Å². The zero-order chi connectivity index (χ0) is 14.3. The van der Waals surface area contributed by atoms with Crippen molar-refractivity contribution in [3.8, 4) is 0 Å². The molecule has 0 aliphatic heterocycles. The van der Waals surface area contributed by atoms with Crippen LogP contribution in [0.2, 0.25) is 0 Å². The van der Waals surface area contributed by atoms with E-state index in [0.29, 0.717) is 18.8 Å². The van der Waals surface area contributed by atoms with Crippen LogP contribution in [0.25, 0.3) is 0 Å². The second-order valence-electron chi connectivity index (χ2n) is 4.60. The van der Waals surface area contributed by atoms with Crippen LogP contribution in [0.15, 0.2) is 22.8 Å². The van der Waals surface area contributed by atoms with Gasteiger partial charge in [-0.15, -0.1) is 0 Å². The lowest BCUT2D eigenvalue weighted by molar-refractivity contribution is -0.134. The number of hydrogen-bond donors (Lipinski definition) is 1. The van der Waals surface area contributed by atoms with E-state index in [-0.39, 0.29) is 18.4 Å². The molecule has 0 saturated heterocycles. The lowest BCUT2D eigenvalue weighted by Crippen LogP contribution is -2.42. The molecule has 1 aromatic heterocycles. The van der Waals surface area contributed by atoms with E-state index < -0.39 is 0 Å². The minimum Gasteiger partial charge on any atom is -0.467 e. The zero-order valence-corrected chi connectivity index (χ0v) is 11.7. The summed E-state index contributed by atoms with van der Waals surface area (Å²) in [7, 11) is 3.85. The van der Waals surface area contributed by atoms with Crippen LogP contribution in [0.4, 0.5) is 0 Å². The topological polar surface area (TPSA) is 65.8 Å².